The molecule has 1 aromatic rings. The molecule has 0 fully saturated rings. The molecule has 0 radical (unpaired) electrons. The van der Waals surface area contributed by atoms with E-state index in [0.717, 1.165) is 17.5 Å². The van der Waals surface area contributed by atoms with E-state index >= 15 is 0 Å². The van der Waals surface area contributed by atoms with Gasteiger partial charge in [-0.05, 0) is 17.5 Å². The van der Waals surface area contributed by atoms with Crippen molar-refractivity contribution in [2.24, 2.45) is 0 Å². The summed E-state index contributed by atoms with van der Waals surface area (Å²) in [5.74, 6) is -0.468. The fourth-order valence-corrected chi connectivity index (χ4v) is 1.79. The van der Waals surface area contributed by atoms with Crippen LogP contribution in [0.4, 0.5) is 0 Å². The van der Waals surface area contributed by atoms with Crippen LogP contribution < -0.4 is 5.32 Å². The zero-order chi connectivity index (χ0) is 10.1. The third kappa shape index (κ3) is 1.31. The van der Waals surface area contributed by atoms with E-state index in [1.807, 2.05) is 25.1 Å². The fourth-order valence-electron chi connectivity index (χ4n) is 1.79. The average molecular weight is 189 g/mol. The highest BCUT2D eigenvalue weighted by atomic mass is 16.2. The summed E-state index contributed by atoms with van der Waals surface area (Å²) >= 11 is 0. The fraction of sp³-hybridized carbons (Fsp3) is 0.273. The molecule has 1 heterocycles. The summed E-state index contributed by atoms with van der Waals surface area (Å²) in [6.07, 6.45) is 1.12. The number of aryl methyl sites for hydroxylation is 1. The van der Waals surface area contributed by atoms with Gasteiger partial charge < -0.3 is 0 Å². The maximum atomic E-state index is 11.5. The monoisotopic (exact) mass is 189 g/mol. The number of carbonyl (C=O) groups excluding carboxylic acids is 2. The maximum absolute atomic E-state index is 11.5. The van der Waals surface area contributed by atoms with Crippen molar-refractivity contribution in [1.82, 2.24) is 5.32 Å². The van der Waals surface area contributed by atoms with Crippen LogP contribution in [0.15, 0.2) is 18.2 Å². The standard InChI is InChI=1S/C11H11NO2/c1-2-7-4-3-5-8-6-9(13)12-11(14)10(7)8/h3-5H,2,6H2,1H3,(H,12,13,14). The molecule has 1 aliphatic heterocycles. The van der Waals surface area contributed by atoms with E-state index in [4.69, 9.17) is 0 Å². The second kappa shape index (κ2) is 3.25. The van der Waals surface area contributed by atoms with Gasteiger partial charge in [-0.25, -0.2) is 0 Å². The molecule has 0 unspecified atom stereocenters. The Bertz CT molecular complexity index is 410. The number of rotatable bonds is 1. The van der Waals surface area contributed by atoms with E-state index in [-0.39, 0.29) is 11.8 Å². The van der Waals surface area contributed by atoms with Crippen molar-refractivity contribution >= 4 is 11.8 Å². The third-order valence-corrected chi connectivity index (χ3v) is 2.45. The first-order valence-electron chi connectivity index (χ1n) is 4.67. The molecule has 0 aliphatic carbocycles. The molecular weight excluding hydrogens is 178 g/mol. The van der Waals surface area contributed by atoms with E-state index in [2.05, 4.69) is 5.32 Å². The summed E-state index contributed by atoms with van der Waals surface area (Å²) in [4.78, 5) is 22.6. The molecule has 0 saturated carbocycles. The van der Waals surface area contributed by atoms with Crippen LogP contribution in [0.3, 0.4) is 0 Å². The molecule has 72 valence electrons. The van der Waals surface area contributed by atoms with Crippen LogP contribution in [-0.4, -0.2) is 11.8 Å². The first-order chi connectivity index (χ1) is 6.72. The van der Waals surface area contributed by atoms with Crippen LogP contribution >= 0.6 is 0 Å². The Kier molecular flexibility index (Phi) is 2.08. The minimum absolute atomic E-state index is 0.212. The Hall–Kier alpha value is -1.64. The number of amides is 2. The Morgan fingerprint density at radius 3 is 2.86 bits per heavy atom. The van der Waals surface area contributed by atoms with Gasteiger partial charge in [-0.2, -0.15) is 0 Å². The average Bonchev–Trinajstić information content (AvgIpc) is 2.16. The topological polar surface area (TPSA) is 46.2 Å². The van der Waals surface area contributed by atoms with E-state index < -0.39 is 0 Å². The number of imide groups is 1. The highest BCUT2D eigenvalue weighted by Gasteiger charge is 2.23. The van der Waals surface area contributed by atoms with E-state index in [1.54, 1.807) is 0 Å². The Morgan fingerprint density at radius 1 is 1.36 bits per heavy atom. The van der Waals surface area contributed by atoms with E-state index in [1.165, 1.54) is 0 Å². The summed E-state index contributed by atoms with van der Waals surface area (Å²) in [6.45, 7) is 2.00. The van der Waals surface area contributed by atoms with Gasteiger partial charge in [0.25, 0.3) is 5.91 Å². The third-order valence-electron chi connectivity index (χ3n) is 2.45. The van der Waals surface area contributed by atoms with Gasteiger partial charge in [0.15, 0.2) is 0 Å². The quantitative estimate of drug-likeness (QED) is 0.671. The predicted octanol–water partition coefficient (Wildman–Crippen LogP) is 1.06. The molecule has 0 spiro atoms. The van der Waals surface area contributed by atoms with Gasteiger partial charge in [0.2, 0.25) is 5.91 Å². The molecule has 3 heteroatoms. The Morgan fingerprint density at radius 2 is 2.14 bits per heavy atom. The molecular formula is C11H11NO2. The normalized spacial score (nSPS) is 14.9. The first kappa shape index (κ1) is 8.94. The van der Waals surface area contributed by atoms with Crippen LogP contribution in [0.2, 0.25) is 0 Å². The largest absolute Gasteiger partial charge is 0.292 e. The highest BCUT2D eigenvalue weighted by molar-refractivity contribution is 6.10. The number of benzene rings is 1. The summed E-state index contributed by atoms with van der Waals surface area (Å²) in [5.41, 5.74) is 2.54. The summed E-state index contributed by atoms with van der Waals surface area (Å²) < 4.78 is 0. The molecule has 1 N–H and O–H groups in total. The van der Waals surface area contributed by atoms with Gasteiger partial charge in [-0.15, -0.1) is 0 Å². The minimum Gasteiger partial charge on any atom is -0.292 e. The van der Waals surface area contributed by atoms with Crippen molar-refractivity contribution in [2.45, 2.75) is 19.8 Å². The molecule has 0 aromatic heterocycles. The molecule has 14 heavy (non-hydrogen) atoms. The Balaban J connectivity index is 2.58. The van der Waals surface area contributed by atoms with E-state index in [0.29, 0.717) is 12.0 Å². The van der Waals surface area contributed by atoms with Gasteiger partial charge in [0.1, 0.15) is 0 Å². The van der Waals surface area contributed by atoms with Crippen LogP contribution in [0.5, 0.6) is 0 Å². The molecule has 0 bridgehead atoms. The van der Waals surface area contributed by atoms with Crippen molar-refractivity contribution in [3.05, 3.63) is 34.9 Å². The summed E-state index contributed by atoms with van der Waals surface area (Å²) in [6, 6.07) is 5.66. The molecule has 1 aliphatic rings. The zero-order valence-corrected chi connectivity index (χ0v) is 7.96. The molecule has 2 amide bonds. The van der Waals surface area contributed by atoms with Crippen molar-refractivity contribution in [3.63, 3.8) is 0 Å². The van der Waals surface area contributed by atoms with Crippen molar-refractivity contribution < 1.29 is 9.59 Å². The Labute approximate surface area is 82.1 Å². The lowest BCUT2D eigenvalue weighted by molar-refractivity contribution is -0.119. The molecule has 1 aromatic carbocycles. The summed E-state index contributed by atoms with van der Waals surface area (Å²) in [7, 11) is 0. The van der Waals surface area contributed by atoms with Crippen LogP contribution in [0.25, 0.3) is 0 Å². The van der Waals surface area contributed by atoms with Crippen molar-refractivity contribution in [3.8, 4) is 0 Å². The SMILES string of the molecule is CCc1cccc2c1C(=O)NC(=O)C2. The molecule has 0 saturated heterocycles. The van der Waals surface area contributed by atoms with Crippen LogP contribution in [0.1, 0.15) is 28.4 Å². The number of hydrogen-bond acceptors (Lipinski definition) is 2. The highest BCUT2D eigenvalue weighted by Crippen LogP contribution is 2.19. The number of carbonyl (C=O) groups is 2. The van der Waals surface area contributed by atoms with Crippen LogP contribution in [-0.2, 0) is 17.6 Å². The second-order valence-electron chi connectivity index (χ2n) is 3.36. The van der Waals surface area contributed by atoms with Gasteiger partial charge in [-0.3, -0.25) is 14.9 Å². The maximum Gasteiger partial charge on any atom is 0.258 e. The first-order valence-corrected chi connectivity index (χ1v) is 4.67. The number of nitrogens with one attached hydrogen (secondary N) is 1. The zero-order valence-electron chi connectivity index (χ0n) is 7.96. The van der Waals surface area contributed by atoms with Crippen molar-refractivity contribution in [2.75, 3.05) is 0 Å². The smallest absolute Gasteiger partial charge is 0.258 e. The molecule has 3 nitrogen and oxygen atoms in total. The van der Waals surface area contributed by atoms with Gasteiger partial charge in [0, 0.05) is 5.56 Å². The molecule has 0 atom stereocenters. The lowest BCUT2D eigenvalue weighted by atomic mass is 9.94. The van der Waals surface area contributed by atoms with Gasteiger partial charge in [-0.1, -0.05) is 25.1 Å². The number of hydrogen-bond donors (Lipinski definition) is 1. The van der Waals surface area contributed by atoms with Gasteiger partial charge in [0.05, 0.1) is 6.42 Å². The predicted molar refractivity (Wildman–Crippen MR) is 52.0 cm³/mol. The lowest BCUT2D eigenvalue weighted by Crippen LogP contribution is -2.37. The lowest BCUT2D eigenvalue weighted by Gasteiger charge is -2.17. The number of fused-ring (bicyclic) bond motifs is 1. The van der Waals surface area contributed by atoms with Gasteiger partial charge >= 0.3 is 0 Å². The molecule has 2 rings (SSSR count). The van der Waals surface area contributed by atoms with Crippen molar-refractivity contribution in [1.29, 1.82) is 0 Å². The summed E-state index contributed by atoms with van der Waals surface area (Å²) in [5, 5.41) is 2.33. The van der Waals surface area contributed by atoms with E-state index in [9.17, 15) is 9.59 Å². The van der Waals surface area contributed by atoms with Crippen LogP contribution in [0, 0.1) is 0 Å². The minimum atomic E-state index is -0.256. The second-order valence-corrected chi connectivity index (χ2v) is 3.36.